The second-order valence-corrected chi connectivity index (χ2v) is 9.77. The molecule has 1 aliphatic heterocycles. The van der Waals surface area contributed by atoms with Crippen LogP contribution in [0.3, 0.4) is 0 Å². The van der Waals surface area contributed by atoms with Crippen LogP contribution >= 0.6 is 11.3 Å². The predicted octanol–water partition coefficient (Wildman–Crippen LogP) is 3.21. The maximum absolute atomic E-state index is 13.5. The highest BCUT2D eigenvalue weighted by molar-refractivity contribution is 7.89. The van der Waals surface area contributed by atoms with Gasteiger partial charge in [0.15, 0.2) is 0 Å². The monoisotopic (exact) mass is 446 g/mol. The van der Waals surface area contributed by atoms with E-state index >= 15 is 0 Å². The molecule has 3 aromatic rings. The van der Waals surface area contributed by atoms with Crippen molar-refractivity contribution < 1.29 is 22.7 Å². The summed E-state index contributed by atoms with van der Waals surface area (Å²) in [5, 5.41) is 0.554. The third-order valence-corrected chi connectivity index (χ3v) is 8.44. The largest absolute Gasteiger partial charge is 0.497 e. The van der Waals surface area contributed by atoms with E-state index in [1.54, 1.807) is 19.2 Å². The third kappa shape index (κ3) is 3.64. The van der Waals surface area contributed by atoms with Gasteiger partial charge in [-0.3, -0.25) is 0 Å². The summed E-state index contributed by atoms with van der Waals surface area (Å²) in [5.41, 5.74) is 0.989. The van der Waals surface area contributed by atoms with Gasteiger partial charge in [0, 0.05) is 48.0 Å². The molecule has 9 heteroatoms. The molecule has 0 spiro atoms. The molecular weight excluding hydrogens is 424 g/mol. The van der Waals surface area contributed by atoms with Crippen LogP contribution in [0, 0.1) is 0 Å². The lowest BCUT2D eigenvalue weighted by Crippen LogP contribution is -2.48. The van der Waals surface area contributed by atoms with Crippen molar-refractivity contribution in [2.45, 2.75) is 4.90 Å². The first-order valence-electron chi connectivity index (χ1n) is 9.44. The number of anilines is 1. The SMILES string of the molecule is COC(=O)c1sc2ccccc2c1S(=O)(=O)N1CCN(c2cccc(OC)c2)CC1. The maximum atomic E-state index is 13.5. The molecule has 0 saturated carbocycles. The fraction of sp³-hybridized carbons (Fsp3) is 0.286. The fourth-order valence-corrected chi connectivity index (χ4v) is 6.83. The van der Waals surface area contributed by atoms with Gasteiger partial charge in [0.25, 0.3) is 0 Å². The van der Waals surface area contributed by atoms with Crippen molar-refractivity contribution in [3.63, 3.8) is 0 Å². The Hall–Kier alpha value is -2.62. The Kier molecular flexibility index (Phi) is 5.68. The molecule has 158 valence electrons. The quantitative estimate of drug-likeness (QED) is 0.560. The second-order valence-electron chi connectivity index (χ2n) is 6.84. The van der Waals surface area contributed by atoms with E-state index in [1.807, 2.05) is 36.4 Å². The minimum absolute atomic E-state index is 0.0461. The highest BCUT2D eigenvalue weighted by Gasteiger charge is 2.35. The summed E-state index contributed by atoms with van der Waals surface area (Å²) in [6.45, 7) is 1.73. The Labute approximate surface area is 179 Å². The summed E-state index contributed by atoms with van der Waals surface area (Å²) < 4.78 is 39.4. The van der Waals surface area contributed by atoms with Crippen LogP contribution in [0.25, 0.3) is 10.1 Å². The van der Waals surface area contributed by atoms with Gasteiger partial charge in [0.2, 0.25) is 10.0 Å². The number of benzene rings is 2. The summed E-state index contributed by atoms with van der Waals surface area (Å²) in [4.78, 5) is 14.6. The lowest BCUT2D eigenvalue weighted by molar-refractivity contribution is 0.0602. The van der Waals surface area contributed by atoms with Crippen LogP contribution in [-0.2, 0) is 14.8 Å². The molecule has 1 aromatic heterocycles. The smallest absolute Gasteiger partial charge is 0.349 e. The summed E-state index contributed by atoms with van der Waals surface area (Å²) in [6.07, 6.45) is 0. The normalized spacial score (nSPS) is 15.3. The third-order valence-electron chi connectivity index (χ3n) is 5.18. The Morgan fingerprint density at radius 1 is 1.00 bits per heavy atom. The molecule has 7 nitrogen and oxygen atoms in total. The van der Waals surface area contributed by atoms with Gasteiger partial charge in [0.1, 0.15) is 15.5 Å². The zero-order valence-corrected chi connectivity index (χ0v) is 18.3. The second kappa shape index (κ2) is 8.25. The van der Waals surface area contributed by atoms with Crippen molar-refractivity contribution >= 4 is 43.1 Å². The molecule has 0 bridgehead atoms. The molecule has 0 amide bonds. The van der Waals surface area contributed by atoms with Gasteiger partial charge in [-0.2, -0.15) is 4.31 Å². The molecule has 0 radical (unpaired) electrons. The molecule has 1 saturated heterocycles. The molecule has 2 heterocycles. The number of thiophene rings is 1. The van der Waals surface area contributed by atoms with Crippen molar-refractivity contribution in [1.29, 1.82) is 0 Å². The van der Waals surface area contributed by atoms with Crippen molar-refractivity contribution in [2.24, 2.45) is 0 Å². The number of rotatable bonds is 5. The lowest BCUT2D eigenvalue weighted by atomic mass is 10.2. The number of fused-ring (bicyclic) bond motifs is 1. The van der Waals surface area contributed by atoms with E-state index in [2.05, 4.69) is 4.90 Å². The number of methoxy groups -OCH3 is 2. The highest BCUT2D eigenvalue weighted by Crippen LogP contribution is 2.37. The molecule has 1 fully saturated rings. The number of sulfonamides is 1. The Morgan fingerprint density at radius 2 is 1.73 bits per heavy atom. The topological polar surface area (TPSA) is 76.2 Å². The number of nitrogens with zero attached hydrogens (tertiary/aromatic N) is 2. The van der Waals surface area contributed by atoms with E-state index in [-0.39, 0.29) is 9.77 Å². The summed E-state index contributed by atoms with van der Waals surface area (Å²) in [5.74, 6) is 0.125. The van der Waals surface area contributed by atoms with Gasteiger partial charge in [-0.05, 0) is 18.2 Å². The van der Waals surface area contributed by atoms with Crippen LogP contribution in [0.15, 0.2) is 53.4 Å². The minimum atomic E-state index is -3.86. The fourth-order valence-electron chi connectivity index (χ4n) is 3.63. The molecular formula is C21H22N2O5S2. The van der Waals surface area contributed by atoms with Crippen LogP contribution in [0.2, 0.25) is 0 Å². The van der Waals surface area contributed by atoms with E-state index in [1.165, 1.54) is 11.4 Å². The van der Waals surface area contributed by atoms with Gasteiger partial charge in [0.05, 0.1) is 14.2 Å². The molecule has 0 N–H and O–H groups in total. The van der Waals surface area contributed by atoms with Gasteiger partial charge >= 0.3 is 5.97 Å². The zero-order chi connectivity index (χ0) is 21.3. The molecule has 2 aromatic carbocycles. The highest BCUT2D eigenvalue weighted by atomic mass is 32.2. The lowest BCUT2D eigenvalue weighted by Gasteiger charge is -2.35. The van der Waals surface area contributed by atoms with Crippen molar-refractivity contribution in [3.8, 4) is 5.75 Å². The number of esters is 1. The van der Waals surface area contributed by atoms with E-state index < -0.39 is 16.0 Å². The zero-order valence-electron chi connectivity index (χ0n) is 16.7. The number of hydrogen-bond acceptors (Lipinski definition) is 7. The van der Waals surface area contributed by atoms with E-state index in [9.17, 15) is 13.2 Å². The average Bonchev–Trinajstić information content (AvgIpc) is 3.19. The minimum Gasteiger partial charge on any atom is -0.497 e. The molecule has 0 atom stereocenters. The Balaban J connectivity index is 1.63. The summed E-state index contributed by atoms with van der Waals surface area (Å²) in [7, 11) is -0.979. The number of hydrogen-bond donors (Lipinski definition) is 0. The van der Waals surface area contributed by atoms with Gasteiger partial charge in [-0.1, -0.05) is 24.3 Å². The van der Waals surface area contributed by atoms with Crippen LogP contribution in [0.4, 0.5) is 5.69 Å². The first-order chi connectivity index (χ1) is 14.5. The van der Waals surface area contributed by atoms with E-state index in [0.717, 1.165) is 27.5 Å². The van der Waals surface area contributed by atoms with Crippen molar-refractivity contribution in [3.05, 3.63) is 53.4 Å². The number of piperazine rings is 1. The van der Waals surface area contributed by atoms with Crippen LogP contribution in [-0.4, -0.2) is 59.1 Å². The van der Waals surface area contributed by atoms with Crippen molar-refractivity contribution in [2.75, 3.05) is 45.3 Å². The Morgan fingerprint density at radius 3 is 2.43 bits per heavy atom. The predicted molar refractivity (Wildman–Crippen MR) is 117 cm³/mol. The van der Waals surface area contributed by atoms with Gasteiger partial charge in [-0.15, -0.1) is 11.3 Å². The summed E-state index contributed by atoms with van der Waals surface area (Å²) in [6, 6.07) is 14.8. The maximum Gasteiger partial charge on any atom is 0.349 e. The molecule has 30 heavy (non-hydrogen) atoms. The number of ether oxygens (including phenoxy) is 2. The first-order valence-corrected chi connectivity index (χ1v) is 11.7. The van der Waals surface area contributed by atoms with Crippen LogP contribution < -0.4 is 9.64 Å². The van der Waals surface area contributed by atoms with Crippen molar-refractivity contribution in [1.82, 2.24) is 4.31 Å². The molecule has 4 rings (SSSR count). The average molecular weight is 447 g/mol. The number of carbonyl (C=O) groups is 1. The van der Waals surface area contributed by atoms with Crippen LogP contribution in [0.1, 0.15) is 9.67 Å². The van der Waals surface area contributed by atoms with E-state index in [0.29, 0.717) is 31.6 Å². The Bertz CT molecular complexity index is 1180. The molecule has 0 aliphatic carbocycles. The molecule has 0 unspecified atom stereocenters. The standard InChI is InChI=1S/C21H22N2O5S2/c1-27-16-7-5-6-15(14-16)22-10-12-23(13-11-22)30(25,26)20-17-8-3-4-9-18(17)29-19(20)21(24)28-2/h3-9,14H,10-13H2,1-2H3. The van der Waals surface area contributed by atoms with Crippen LogP contribution in [0.5, 0.6) is 5.75 Å². The van der Waals surface area contributed by atoms with E-state index in [4.69, 9.17) is 9.47 Å². The molecule has 1 aliphatic rings. The van der Waals surface area contributed by atoms with Gasteiger partial charge in [-0.25, -0.2) is 13.2 Å². The summed E-state index contributed by atoms with van der Waals surface area (Å²) >= 11 is 1.14. The van der Waals surface area contributed by atoms with Gasteiger partial charge < -0.3 is 14.4 Å². The number of carbonyl (C=O) groups excluding carboxylic acids is 1. The first kappa shape index (κ1) is 20.6.